The third-order valence-corrected chi connectivity index (χ3v) is 5.93. The van der Waals surface area contributed by atoms with Gasteiger partial charge in [0.2, 0.25) is 5.91 Å². The van der Waals surface area contributed by atoms with Crippen LogP contribution in [0.2, 0.25) is 0 Å². The maximum absolute atomic E-state index is 13.0. The Morgan fingerprint density at radius 1 is 1.18 bits per heavy atom. The monoisotopic (exact) mass is 423 g/mol. The van der Waals surface area contributed by atoms with Crippen LogP contribution in [0.4, 0.5) is 11.4 Å². The van der Waals surface area contributed by atoms with Crippen LogP contribution in [-0.4, -0.2) is 33.4 Å². The fraction of sp³-hybridized carbons (Fsp3) is 0.316. The van der Waals surface area contributed by atoms with Gasteiger partial charge in [-0.15, -0.1) is 11.6 Å². The number of carbonyl (C=O) groups is 1. The molecule has 28 heavy (non-hydrogen) atoms. The number of halogens is 1. The van der Waals surface area contributed by atoms with Crippen LogP contribution < -0.4 is 20.1 Å². The van der Waals surface area contributed by atoms with Gasteiger partial charge in [0.05, 0.1) is 6.61 Å². The first-order valence-corrected chi connectivity index (χ1v) is 10.9. The van der Waals surface area contributed by atoms with Gasteiger partial charge in [-0.1, -0.05) is 6.07 Å². The molecule has 0 unspecified atom stereocenters. The summed E-state index contributed by atoms with van der Waals surface area (Å²) in [6.07, 6.45) is 0.842. The van der Waals surface area contributed by atoms with Crippen molar-refractivity contribution in [2.75, 3.05) is 29.1 Å². The first kappa shape index (κ1) is 20.4. The van der Waals surface area contributed by atoms with E-state index in [-0.39, 0.29) is 16.5 Å². The van der Waals surface area contributed by atoms with Crippen molar-refractivity contribution in [2.45, 2.75) is 24.8 Å². The molecule has 3 rings (SSSR count). The quantitative estimate of drug-likeness (QED) is 0.595. The van der Waals surface area contributed by atoms with Gasteiger partial charge in [0.15, 0.2) is 0 Å². The first-order valence-electron chi connectivity index (χ1n) is 8.91. The maximum atomic E-state index is 13.0. The molecule has 0 radical (unpaired) electrons. The fourth-order valence-electron chi connectivity index (χ4n) is 3.02. The molecule has 0 aliphatic carbocycles. The van der Waals surface area contributed by atoms with Crippen LogP contribution in [-0.2, 0) is 27.8 Å². The number of rotatable bonds is 7. The second-order valence-corrected chi connectivity index (χ2v) is 8.21. The molecule has 0 saturated carbocycles. The van der Waals surface area contributed by atoms with E-state index in [1.54, 1.807) is 19.1 Å². The molecule has 0 aromatic heterocycles. The highest BCUT2D eigenvalue weighted by atomic mass is 35.5. The molecule has 3 N–H and O–H groups in total. The zero-order valence-electron chi connectivity index (χ0n) is 15.4. The predicted octanol–water partition coefficient (Wildman–Crippen LogP) is 2.71. The van der Waals surface area contributed by atoms with E-state index in [4.69, 9.17) is 16.3 Å². The molecule has 1 aliphatic rings. The van der Waals surface area contributed by atoms with Crippen molar-refractivity contribution in [1.82, 2.24) is 5.32 Å². The van der Waals surface area contributed by atoms with E-state index in [2.05, 4.69) is 15.4 Å². The largest absolute Gasteiger partial charge is 0.492 e. The zero-order chi connectivity index (χ0) is 20.1. The van der Waals surface area contributed by atoms with Gasteiger partial charge in [-0.3, -0.25) is 9.52 Å². The number of ether oxygens (including phenoxy) is 1. The molecule has 2 aromatic carbocycles. The highest BCUT2D eigenvalue weighted by Gasteiger charge is 2.22. The van der Waals surface area contributed by atoms with Crippen molar-refractivity contribution < 1.29 is 17.9 Å². The van der Waals surface area contributed by atoms with Crippen LogP contribution in [0, 0.1) is 0 Å². The van der Waals surface area contributed by atoms with Crippen molar-refractivity contribution in [2.24, 2.45) is 0 Å². The van der Waals surface area contributed by atoms with Gasteiger partial charge in [0.25, 0.3) is 10.0 Å². The third kappa shape index (κ3) is 4.76. The number of alkyl halides is 1. The Labute approximate surface area is 169 Å². The second-order valence-electron chi connectivity index (χ2n) is 6.29. The minimum Gasteiger partial charge on any atom is -0.492 e. The lowest BCUT2D eigenvalue weighted by Crippen LogP contribution is -2.23. The highest BCUT2D eigenvalue weighted by Crippen LogP contribution is 2.30. The smallest absolute Gasteiger partial charge is 0.265 e. The number of nitrogens with one attached hydrogen (secondary N) is 3. The van der Waals surface area contributed by atoms with Gasteiger partial charge in [-0.25, -0.2) is 8.42 Å². The number of anilines is 2. The Morgan fingerprint density at radius 3 is 2.71 bits per heavy atom. The summed E-state index contributed by atoms with van der Waals surface area (Å²) in [6, 6.07) is 9.96. The number of sulfonamides is 1. The summed E-state index contributed by atoms with van der Waals surface area (Å²) >= 11 is 5.51. The maximum Gasteiger partial charge on any atom is 0.265 e. The lowest BCUT2D eigenvalue weighted by atomic mass is 10.0. The second kappa shape index (κ2) is 8.81. The molecule has 1 heterocycles. The molecule has 9 heteroatoms. The van der Waals surface area contributed by atoms with Crippen LogP contribution in [0.25, 0.3) is 0 Å². The zero-order valence-corrected chi connectivity index (χ0v) is 17.0. The molecule has 1 amide bonds. The van der Waals surface area contributed by atoms with Crippen LogP contribution in [0.5, 0.6) is 5.75 Å². The van der Waals surface area contributed by atoms with Crippen LogP contribution >= 0.6 is 11.6 Å². The molecule has 0 atom stereocenters. The fourth-order valence-corrected chi connectivity index (χ4v) is 4.30. The summed E-state index contributed by atoms with van der Waals surface area (Å²) in [5.41, 5.74) is 3.09. The number of benzene rings is 2. The molecule has 0 saturated heterocycles. The number of carbonyl (C=O) groups excluding carboxylic acids is 1. The predicted molar refractivity (Wildman–Crippen MR) is 110 cm³/mol. The van der Waals surface area contributed by atoms with Gasteiger partial charge in [0.1, 0.15) is 16.5 Å². The molecule has 0 fully saturated rings. The normalized spacial score (nSPS) is 13.5. The van der Waals surface area contributed by atoms with E-state index in [0.29, 0.717) is 18.0 Å². The first-order chi connectivity index (χ1) is 13.4. The van der Waals surface area contributed by atoms with E-state index in [0.717, 1.165) is 30.6 Å². The lowest BCUT2D eigenvalue weighted by Gasteiger charge is -2.19. The standard InChI is InChI=1S/C19H22ClN3O4S/c1-2-27-17-6-5-15(22-19(24)11-20)10-18(17)28(25,26)23-16-4-3-14-12-21-8-7-13(14)9-16/h3-6,9-10,21,23H,2,7-8,11-12H2,1H3,(H,22,24). The number of hydrogen-bond acceptors (Lipinski definition) is 5. The van der Waals surface area contributed by atoms with E-state index < -0.39 is 15.9 Å². The minimum absolute atomic E-state index is 0.0545. The Kier molecular flexibility index (Phi) is 6.43. The molecule has 150 valence electrons. The lowest BCUT2D eigenvalue weighted by molar-refractivity contribution is -0.113. The van der Waals surface area contributed by atoms with Gasteiger partial charge < -0.3 is 15.4 Å². The average molecular weight is 424 g/mol. The highest BCUT2D eigenvalue weighted by molar-refractivity contribution is 7.92. The van der Waals surface area contributed by atoms with Crippen molar-refractivity contribution >= 4 is 38.9 Å². The minimum atomic E-state index is -3.93. The van der Waals surface area contributed by atoms with E-state index >= 15 is 0 Å². The molecule has 2 aromatic rings. The van der Waals surface area contributed by atoms with Crippen LogP contribution in [0.3, 0.4) is 0 Å². The number of amides is 1. The van der Waals surface area contributed by atoms with Crippen molar-refractivity contribution in [3.63, 3.8) is 0 Å². The number of hydrogen-bond donors (Lipinski definition) is 3. The van der Waals surface area contributed by atoms with E-state index in [1.807, 2.05) is 12.1 Å². The third-order valence-electron chi connectivity index (χ3n) is 4.28. The molecule has 1 aliphatic heterocycles. The van der Waals surface area contributed by atoms with Crippen molar-refractivity contribution in [3.8, 4) is 5.75 Å². The molecule has 0 spiro atoms. The Hall–Kier alpha value is -2.29. The summed E-state index contributed by atoms with van der Waals surface area (Å²) in [5.74, 6) is -0.441. The summed E-state index contributed by atoms with van der Waals surface area (Å²) in [5, 5.41) is 5.84. The van der Waals surface area contributed by atoms with Gasteiger partial charge >= 0.3 is 0 Å². The van der Waals surface area contributed by atoms with Gasteiger partial charge in [0, 0.05) is 17.9 Å². The molecular weight excluding hydrogens is 402 g/mol. The van der Waals surface area contributed by atoms with Crippen molar-refractivity contribution in [1.29, 1.82) is 0 Å². The average Bonchev–Trinajstić information content (AvgIpc) is 2.68. The SMILES string of the molecule is CCOc1ccc(NC(=O)CCl)cc1S(=O)(=O)Nc1ccc2c(c1)CCNC2. The topological polar surface area (TPSA) is 96.5 Å². The number of fused-ring (bicyclic) bond motifs is 1. The van der Waals surface area contributed by atoms with Crippen LogP contribution in [0.15, 0.2) is 41.3 Å². The van der Waals surface area contributed by atoms with E-state index in [9.17, 15) is 13.2 Å². The molecule has 7 nitrogen and oxygen atoms in total. The van der Waals surface area contributed by atoms with Crippen LogP contribution in [0.1, 0.15) is 18.1 Å². The summed E-state index contributed by atoms with van der Waals surface area (Å²) in [4.78, 5) is 11.5. The Bertz CT molecular complexity index is 979. The van der Waals surface area contributed by atoms with E-state index in [1.165, 1.54) is 12.1 Å². The summed E-state index contributed by atoms with van der Waals surface area (Å²) in [7, 11) is -3.93. The summed E-state index contributed by atoms with van der Waals surface area (Å²) in [6.45, 7) is 3.71. The molecular formula is C19H22ClN3O4S. The Morgan fingerprint density at radius 2 is 1.96 bits per heavy atom. The van der Waals surface area contributed by atoms with Gasteiger partial charge in [-0.2, -0.15) is 0 Å². The Balaban J connectivity index is 1.92. The molecule has 0 bridgehead atoms. The van der Waals surface area contributed by atoms with Crippen molar-refractivity contribution in [3.05, 3.63) is 47.5 Å². The summed E-state index contributed by atoms with van der Waals surface area (Å²) < 4.78 is 34.1. The van der Waals surface area contributed by atoms with Gasteiger partial charge in [-0.05, 0) is 61.3 Å².